The van der Waals surface area contributed by atoms with Crippen molar-refractivity contribution in [3.8, 4) is 5.75 Å². The van der Waals surface area contributed by atoms with Crippen LogP contribution >= 0.6 is 0 Å². The molecule has 0 radical (unpaired) electrons. The van der Waals surface area contributed by atoms with E-state index >= 15 is 0 Å². The topological polar surface area (TPSA) is 51.7 Å². The summed E-state index contributed by atoms with van der Waals surface area (Å²) in [6.07, 6.45) is 6.49. The SMILES string of the molecule is O=C(c1ccc2c(c1)CCO2)N1CCC[C@H](OCc2cccnc2)C1. The number of carbonyl (C=O) groups is 1. The number of carbonyl (C=O) groups excluding carboxylic acids is 1. The molecule has 1 amide bonds. The number of nitrogens with zero attached hydrogens (tertiary/aromatic N) is 2. The Morgan fingerprint density at radius 3 is 3.20 bits per heavy atom. The number of fused-ring (bicyclic) bond motifs is 1. The number of amides is 1. The minimum absolute atomic E-state index is 0.0793. The average molecular weight is 338 g/mol. The zero-order valence-corrected chi connectivity index (χ0v) is 14.2. The molecule has 5 nitrogen and oxygen atoms in total. The molecule has 1 atom stereocenters. The van der Waals surface area contributed by atoms with E-state index in [1.165, 1.54) is 0 Å². The van der Waals surface area contributed by atoms with Crippen molar-refractivity contribution in [1.82, 2.24) is 9.88 Å². The van der Waals surface area contributed by atoms with Crippen molar-refractivity contribution in [2.75, 3.05) is 19.7 Å². The molecule has 0 unspecified atom stereocenters. The summed E-state index contributed by atoms with van der Waals surface area (Å²) in [5.41, 5.74) is 2.94. The van der Waals surface area contributed by atoms with E-state index in [9.17, 15) is 4.79 Å². The molecular formula is C20H22N2O3. The number of hydrogen-bond acceptors (Lipinski definition) is 4. The van der Waals surface area contributed by atoms with Crippen LogP contribution in [0.15, 0.2) is 42.7 Å². The second kappa shape index (κ2) is 7.23. The molecule has 1 aromatic heterocycles. The zero-order chi connectivity index (χ0) is 17.1. The van der Waals surface area contributed by atoms with E-state index in [4.69, 9.17) is 9.47 Å². The minimum atomic E-state index is 0.0793. The van der Waals surface area contributed by atoms with E-state index in [1.54, 1.807) is 6.20 Å². The standard InChI is InChI=1S/C20H22N2O3/c23-20(17-5-6-19-16(11-17)7-10-24-19)22-9-2-4-18(13-22)25-14-15-3-1-8-21-12-15/h1,3,5-6,8,11-12,18H,2,4,7,9-10,13-14H2/t18-/m0/s1. The van der Waals surface area contributed by atoms with Crippen LogP contribution in [0, 0.1) is 0 Å². The van der Waals surface area contributed by atoms with Gasteiger partial charge in [-0.15, -0.1) is 0 Å². The van der Waals surface area contributed by atoms with Crippen LogP contribution in [-0.4, -0.2) is 41.6 Å². The fourth-order valence-electron chi connectivity index (χ4n) is 3.46. The number of pyridine rings is 1. The number of aromatic nitrogens is 1. The molecule has 2 aromatic rings. The predicted octanol–water partition coefficient (Wildman–Crippen LogP) is 2.84. The molecule has 0 aliphatic carbocycles. The summed E-state index contributed by atoms with van der Waals surface area (Å²) < 4.78 is 11.5. The van der Waals surface area contributed by atoms with Crippen LogP contribution in [0.4, 0.5) is 0 Å². The summed E-state index contributed by atoms with van der Waals surface area (Å²) in [4.78, 5) is 18.9. The molecule has 1 aromatic carbocycles. The Hall–Kier alpha value is -2.40. The first-order valence-corrected chi connectivity index (χ1v) is 8.85. The summed E-state index contributed by atoms with van der Waals surface area (Å²) in [5, 5.41) is 0. The summed E-state index contributed by atoms with van der Waals surface area (Å²) in [6, 6.07) is 9.67. The van der Waals surface area contributed by atoms with Crippen LogP contribution < -0.4 is 4.74 Å². The van der Waals surface area contributed by atoms with Gasteiger partial charge in [0.25, 0.3) is 5.91 Å². The summed E-state index contributed by atoms with van der Waals surface area (Å²) >= 11 is 0. The van der Waals surface area contributed by atoms with Crippen LogP contribution in [0.25, 0.3) is 0 Å². The molecular weight excluding hydrogens is 316 g/mol. The van der Waals surface area contributed by atoms with Crippen LogP contribution in [0.2, 0.25) is 0 Å². The molecule has 25 heavy (non-hydrogen) atoms. The maximum atomic E-state index is 12.8. The summed E-state index contributed by atoms with van der Waals surface area (Å²) in [6.45, 7) is 2.68. The lowest BCUT2D eigenvalue weighted by Crippen LogP contribution is -2.43. The number of piperidine rings is 1. The first kappa shape index (κ1) is 16.1. The number of rotatable bonds is 4. The van der Waals surface area contributed by atoms with Crippen molar-refractivity contribution in [2.45, 2.75) is 32.0 Å². The van der Waals surface area contributed by atoms with E-state index in [-0.39, 0.29) is 12.0 Å². The van der Waals surface area contributed by atoms with Gasteiger partial charge in [0.15, 0.2) is 0 Å². The van der Waals surface area contributed by atoms with Crippen LogP contribution in [0.5, 0.6) is 5.75 Å². The van der Waals surface area contributed by atoms with Crippen LogP contribution in [0.3, 0.4) is 0 Å². The molecule has 5 heteroatoms. The van der Waals surface area contributed by atoms with Gasteiger partial charge in [-0.05, 0) is 48.2 Å². The molecule has 3 heterocycles. The molecule has 0 spiro atoms. The Morgan fingerprint density at radius 1 is 1.36 bits per heavy atom. The molecule has 2 aliphatic heterocycles. The molecule has 4 rings (SSSR count). The van der Waals surface area contributed by atoms with E-state index in [0.717, 1.165) is 48.2 Å². The molecule has 2 aliphatic rings. The lowest BCUT2D eigenvalue weighted by atomic mass is 10.0. The predicted molar refractivity (Wildman–Crippen MR) is 93.6 cm³/mol. The average Bonchev–Trinajstić information content (AvgIpc) is 3.14. The lowest BCUT2D eigenvalue weighted by Gasteiger charge is -2.32. The third kappa shape index (κ3) is 3.66. The van der Waals surface area contributed by atoms with Gasteiger partial charge in [-0.25, -0.2) is 0 Å². The molecule has 1 fully saturated rings. The van der Waals surface area contributed by atoms with Gasteiger partial charge in [-0.3, -0.25) is 9.78 Å². The van der Waals surface area contributed by atoms with Gasteiger partial charge < -0.3 is 14.4 Å². The highest BCUT2D eigenvalue weighted by molar-refractivity contribution is 5.94. The fraction of sp³-hybridized carbons (Fsp3) is 0.400. The highest BCUT2D eigenvalue weighted by Gasteiger charge is 2.26. The molecule has 0 bridgehead atoms. The van der Waals surface area contributed by atoms with Gasteiger partial charge in [-0.1, -0.05) is 6.07 Å². The number of ether oxygens (including phenoxy) is 2. The Kier molecular flexibility index (Phi) is 4.65. The van der Waals surface area contributed by atoms with Gasteiger partial charge >= 0.3 is 0 Å². The molecule has 1 saturated heterocycles. The van der Waals surface area contributed by atoms with Crippen molar-refractivity contribution < 1.29 is 14.3 Å². The molecule has 0 N–H and O–H groups in total. The Balaban J connectivity index is 1.38. The van der Waals surface area contributed by atoms with Crippen molar-refractivity contribution >= 4 is 5.91 Å². The fourth-order valence-corrected chi connectivity index (χ4v) is 3.46. The normalized spacial score (nSPS) is 19.4. The largest absolute Gasteiger partial charge is 0.493 e. The number of likely N-dealkylation sites (tertiary alicyclic amines) is 1. The Bertz CT molecular complexity index is 748. The van der Waals surface area contributed by atoms with Gasteiger partial charge in [0, 0.05) is 37.5 Å². The first-order valence-electron chi connectivity index (χ1n) is 8.85. The van der Waals surface area contributed by atoms with E-state index in [2.05, 4.69) is 4.98 Å². The second-order valence-electron chi connectivity index (χ2n) is 6.61. The third-order valence-corrected chi connectivity index (χ3v) is 4.81. The smallest absolute Gasteiger partial charge is 0.253 e. The van der Waals surface area contributed by atoms with E-state index < -0.39 is 0 Å². The van der Waals surface area contributed by atoms with E-state index in [0.29, 0.717) is 19.8 Å². The highest BCUT2D eigenvalue weighted by atomic mass is 16.5. The zero-order valence-electron chi connectivity index (χ0n) is 14.2. The van der Waals surface area contributed by atoms with Crippen molar-refractivity contribution in [3.05, 3.63) is 59.4 Å². The summed E-state index contributed by atoms with van der Waals surface area (Å²) in [5.74, 6) is 0.997. The van der Waals surface area contributed by atoms with Gasteiger partial charge in [0.1, 0.15) is 5.75 Å². The minimum Gasteiger partial charge on any atom is -0.493 e. The van der Waals surface area contributed by atoms with Gasteiger partial charge in [0.05, 0.1) is 19.3 Å². The molecule has 0 saturated carbocycles. The van der Waals surface area contributed by atoms with Crippen LogP contribution in [-0.2, 0) is 17.8 Å². The monoisotopic (exact) mass is 338 g/mol. The first-order chi connectivity index (χ1) is 12.3. The third-order valence-electron chi connectivity index (χ3n) is 4.81. The van der Waals surface area contributed by atoms with Gasteiger partial charge in [0.2, 0.25) is 0 Å². The number of hydrogen-bond donors (Lipinski definition) is 0. The number of benzene rings is 1. The summed E-state index contributed by atoms with van der Waals surface area (Å²) in [7, 11) is 0. The van der Waals surface area contributed by atoms with Crippen LogP contribution in [0.1, 0.15) is 34.3 Å². The van der Waals surface area contributed by atoms with Crippen molar-refractivity contribution in [2.24, 2.45) is 0 Å². The quantitative estimate of drug-likeness (QED) is 0.860. The van der Waals surface area contributed by atoms with Crippen molar-refractivity contribution in [3.63, 3.8) is 0 Å². The van der Waals surface area contributed by atoms with Crippen molar-refractivity contribution in [1.29, 1.82) is 0 Å². The van der Waals surface area contributed by atoms with Gasteiger partial charge in [-0.2, -0.15) is 0 Å². The Morgan fingerprint density at radius 2 is 2.32 bits per heavy atom. The maximum Gasteiger partial charge on any atom is 0.253 e. The second-order valence-corrected chi connectivity index (χ2v) is 6.61. The van der Waals surface area contributed by atoms with E-state index in [1.807, 2.05) is 41.4 Å². The lowest BCUT2D eigenvalue weighted by molar-refractivity contribution is -0.00681. The highest BCUT2D eigenvalue weighted by Crippen LogP contribution is 2.27. The maximum absolute atomic E-state index is 12.8. The Labute approximate surface area is 147 Å². The molecule has 130 valence electrons.